The third-order valence-corrected chi connectivity index (χ3v) is 5.47. The molecule has 138 valence electrons. The van der Waals surface area contributed by atoms with Crippen molar-refractivity contribution < 1.29 is 4.79 Å². The molecule has 0 aliphatic carbocycles. The molecule has 4 aromatic rings. The Labute approximate surface area is 167 Å². The van der Waals surface area contributed by atoms with Crippen LogP contribution in [0.2, 0.25) is 5.15 Å². The minimum atomic E-state index is -0.238. The van der Waals surface area contributed by atoms with E-state index in [1.165, 1.54) is 0 Å². The molecular formula is C18H12ClN7OS. The second-order valence-electron chi connectivity index (χ2n) is 6.15. The smallest absolute Gasteiger partial charge is 0.260 e. The van der Waals surface area contributed by atoms with Gasteiger partial charge in [0.2, 0.25) is 5.95 Å². The predicted octanol–water partition coefficient (Wildman–Crippen LogP) is 3.13. The standard InChI is InChI=1S/C18H12ClN7OS/c19-15-14-10(6-13-21-3-4-22-13)17(27)26(16(14)25-18(20)24-15)7-9-1-2-11-12(5-9)28-8-23-11/h1-6,8H,7H2,(H,21,22)(H2,20,24,25)/b10-6-. The molecule has 4 heterocycles. The normalized spacial score (nSPS) is 15.0. The van der Waals surface area contributed by atoms with Crippen molar-refractivity contribution in [2.24, 2.45) is 0 Å². The second kappa shape index (κ2) is 6.39. The van der Waals surface area contributed by atoms with Gasteiger partial charge in [-0.1, -0.05) is 17.7 Å². The molecule has 10 heteroatoms. The zero-order valence-corrected chi connectivity index (χ0v) is 15.8. The molecule has 1 aliphatic rings. The Morgan fingerprint density at radius 2 is 2.18 bits per heavy atom. The Morgan fingerprint density at radius 1 is 1.29 bits per heavy atom. The highest BCUT2D eigenvalue weighted by molar-refractivity contribution is 7.16. The third-order valence-electron chi connectivity index (χ3n) is 4.40. The Balaban J connectivity index is 1.61. The fourth-order valence-electron chi connectivity index (χ4n) is 3.17. The number of hydrogen-bond acceptors (Lipinski definition) is 7. The quantitative estimate of drug-likeness (QED) is 0.397. The van der Waals surface area contributed by atoms with Crippen LogP contribution in [-0.2, 0) is 11.3 Å². The number of rotatable bonds is 3. The molecule has 1 aromatic carbocycles. The summed E-state index contributed by atoms with van der Waals surface area (Å²) in [5, 5.41) is 0.133. The Morgan fingerprint density at radius 3 is 3.00 bits per heavy atom. The molecule has 8 nitrogen and oxygen atoms in total. The van der Waals surface area contributed by atoms with Crippen molar-refractivity contribution in [2.75, 3.05) is 10.6 Å². The second-order valence-corrected chi connectivity index (χ2v) is 7.39. The van der Waals surface area contributed by atoms with E-state index in [9.17, 15) is 4.79 Å². The topological polar surface area (TPSA) is 114 Å². The summed E-state index contributed by atoms with van der Waals surface area (Å²) in [4.78, 5) is 34.4. The number of nitrogens with two attached hydrogens (primary N) is 1. The van der Waals surface area contributed by atoms with Crippen molar-refractivity contribution in [3.8, 4) is 0 Å². The first kappa shape index (κ1) is 16.8. The Kier molecular flexibility index (Phi) is 3.85. The minimum Gasteiger partial charge on any atom is -0.368 e. The van der Waals surface area contributed by atoms with Gasteiger partial charge in [0.25, 0.3) is 5.91 Å². The number of nitrogen functional groups attached to an aromatic ring is 1. The van der Waals surface area contributed by atoms with E-state index in [1.54, 1.807) is 40.2 Å². The minimum absolute atomic E-state index is 0.0127. The summed E-state index contributed by atoms with van der Waals surface area (Å²) in [7, 11) is 0. The number of carbonyl (C=O) groups excluding carboxylic acids is 1. The van der Waals surface area contributed by atoms with E-state index in [4.69, 9.17) is 17.3 Å². The maximum Gasteiger partial charge on any atom is 0.260 e. The van der Waals surface area contributed by atoms with E-state index in [1.807, 2.05) is 18.2 Å². The van der Waals surface area contributed by atoms with Crippen LogP contribution in [0.1, 0.15) is 17.0 Å². The fourth-order valence-corrected chi connectivity index (χ4v) is 4.18. The van der Waals surface area contributed by atoms with Gasteiger partial charge in [0.05, 0.1) is 33.4 Å². The van der Waals surface area contributed by atoms with Crippen LogP contribution in [0.3, 0.4) is 0 Å². The van der Waals surface area contributed by atoms with Gasteiger partial charge < -0.3 is 10.7 Å². The molecule has 0 spiro atoms. The van der Waals surface area contributed by atoms with Gasteiger partial charge in [-0.25, -0.2) is 15.0 Å². The average molecular weight is 410 g/mol. The van der Waals surface area contributed by atoms with Crippen LogP contribution in [-0.4, -0.2) is 30.8 Å². The summed E-state index contributed by atoms with van der Waals surface area (Å²) in [5.74, 6) is 0.705. The van der Waals surface area contributed by atoms with Crippen molar-refractivity contribution in [3.05, 3.63) is 58.2 Å². The van der Waals surface area contributed by atoms with Crippen LogP contribution in [0.5, 0.6) is 0 Å². The molecule has 0 unspecified atom stereocenters. The maximum atomic E-state index is 13.2. The number of anilines is 2. The van der Waals surface area contributed by atoms with Gasteiger partial charge in [-0.2, -0.15) is 4.98 Å². The van der Waals surface area contributed by atoms with Gasteiger partial charge in [0.1, 0.15) is 11.0 Å². The molecule has 0 atom stereocenters. The molecule has 3 aromatic heterocycles. The van der Waals surface area contributed by atoms with E-state index in [0.29, 0.717) is 29.3 Å². The van der Waals surface area contributed by atoms with E-state index >= 15 is 0 Å². The molecule has 1 aliphatic heterocycles. The van der Waals surface area contributed by atoms with Gasteiger partial charge in [-0.05, 0) is 23.8 Å². The van der Waals surface area contributed by atoms with Crippen molar-refractivity contribution in [2.45, 2.75) is 6.54 Å². The van der Waals surface area contributed by atoms with Crippen molar-refractivity contribution in [3.63, 3.8) is 0 Å². The monoisotopic (exact) mass is 409 g/mol. The Hall–Kier alpha value is -3.30. The molecule has 1 amide bonds. The maximum absolute atomic E-state index is 13.2. The van der Waals surface area contributed by atoms with Gasteiger partial charge >= 0.3 is 0 Å². The molecule has 0 saturated carbocycles. The highest BCUT2D eigenvalue weighted by Crippen LogP contribution is 2.41. The summed E-state index contributed by atoms with van der Waals surface area (Å²) in [5.41, 5.74) is 10.3. The SMILES string of the molecule is Nc1nc(Cl)c2c(n1)N(Cc1ccc3ncsc3c1)C(=O)/C2=C\c1ncc[nH]1. The van der Waals surface area contributed by atoms with Crippen molar-refractivity contribution >= 4 is 62.5 Å². The molecule has 5 rings (SSSR count). The molecule has 0 radical (unpaired) electrons. The molecule has 0 bridgehead atoms. The van der Waals surface area contributed by atoms with Crippen LogP contribution >= 0.6 is 22.9 Å². The number of aromatic amines is 1. The Bertz CT molecular complexity index is 1250. The summed E-state index contributed by atoms with van der Waals surface area (Å²) in [6, 6.07) is 5.89. The summed E-state index contributed by atoms with van der Waals surface area (Å²) in [6.07, 6.45) is 4.92. The van der Waals surface area contributed by atoms with E-state index in [2.05, 4.69) is 24.9 Å². The first-order chi connectivity index (χ1) is 13.6. The van der Waals surface area contributed by atoms with Crippen LogP contribution in [0.25, 0.3) is 21.9 Å². The lowest BCUT2D eigenvalue weighted by atomic mass is 10.1. The lowest BCUT2D eigenvalue weighted by Crippen LogP contribution is -2.26. The summed E-state index contributed by atoms with van der Waals surface area (Å²) in [6.45, 7) is 0.321. The number of imidazole rings is 1. The van der Waals surface area contributed by atoms with Gasteiger partial charge in [0.15, 0.2) is 5.82 Å². The molecule has 28 heavy (non-hydrogen) atoms. The number of benzene rings is 1. The van der Waals surface area contributed by atoms with Crippen molar-refractivity contribution in [1.82, 2.24) is 24.9 Å². The third kappa shape index (κ3) is 2.72. The first-order valence-corrected chi connectivity index (χ1v) is 9.54. The highest BCUT2D eigenvalue weighted by atomic mass is 35.5. The van der Waals surface area contributed by atoms with E-state index in [-0.39, 0.29) is 17.0 Å². The lowest BCUT2D eigenvalue weighted by molar-refractivity contribution is -0.113. The molecule has 0 fully saturated rings. The number of aromatic nitrogens is 5. The molecule has 3 N–H and O–H groups in total. The zero-order valence-electron chi connectivity index (χ0n) is 14.3. The number of H-pyrrole nitrogens is 1. The number of hydrogen-bond donors (Lipinski definition) is 2. The number of amides is 1. The number of nitrogens with zero attached hydrogens (tertiary/aromatic N) is 5. The van der Waals surface area contributed by atoms with Crippen molar-refractivity contribution in [1.29, 1.82) is 0 Å². The van der Waals surface area contributed by atoms with Crippen LogP contribution in [0.4, 0.5) is 11.8 Å². The molecular weight excluding hydrogens is 398 g/mol. The summed E-state index contributed by atoms with van der Waals surface area (Å²) >= 11 is 7.87. The van der Waals surface area contributed by atoms with Crippen LogP contribution < -0.4 is 10.6 Å². The van der Waals surface area contributed by atoms with Gasteiger partial charge in [-0.15, -0.1) is 11.3 Å². The van der Waals surface area contributed by atoms with Crippen LogP contribution in [0.15, 0.2) is 36.1 Å². The average Bonchev–Trinajstić information content (AvgIpc) is 3.39. The number of carbonyl (C=O) groups is 1. The number of fused-ring (bicyclic) bond motifs is 2. The lowest BCUT2D eigenvalue weighted by Gasteiger charge is -2.16. The van der Waals surface area contributed by atoms with E-state index in [0.717, 1.165) is 15.8 Å². The highest BCUT2D eigenvalue weighted by Gasteiger charge is 2.37. The number of thiazole rings is 1. The summed E-state index contributed by atoms with van der Waals surface area (Å²) < 4.78 is 1.05. The zero-order chi connectivity index (χ0) is 19.3. The number of nitrogens with one attached hydrogen (secondary N) is 1. The van der Waals surface area contributed by atoms with Gasteiger partial charge in [0, 0.05) is 12.4 Å². The first-order valence-electron chi connectivity index (χ1n) is 8.28. The van der Waals surface area contributed by atoms with Crippen LogP contribution in [0, 0.1) is 0 Å². The largest absolute Gasteiger partial charge is 0.368 e. The predicted molar refractivity (Wildman–Crippen MR) is 109 cm³/mol. The van der Waals surface area contributed by atoms with Gasteiger partial charge in [-0.3, -0.25) is 9.69 Å². The molecule has 0 saturated heterocycles. The fraction of sp³-hybridized carbons (Fsp3) is 0.0556. The number of halogens is 1. The van der Waals surface area contributed by atoms with E-state index < -0.39 is 0 Å².